The molecule has 1 N–H and O–H groups in total. The van der Waals surface area contributed by atoms with Crippen LogP contribution in [0.15, 0.2) is 35.6 Å². The molecule has 0 spiro atoms. The lowest BCUT2D eigenvalue weighted by atomic mass is 9.87. The molecule has 110 valence electrons. The number of aliphatic carboxylic acids is 1. The Morgan fingerprint density at radius 2 is 2.29 bits per heavy atom. The molecule has 1 unspecified atom stereocenters. The van der Waals surface area contributed by atoms with Crippen LogP contribution in [0, 0.1) is 6.92 Å². The zero-order chi connectivity index (χ0) is 14.8. The largest absolute Gasteiger partial charge is 0.481 e. The van der Waals surface area contributed by atoms with E-state index in [4.69, 9.17) is 5.11 Å². The van der Waals surface area contributed by atoms with Crippen molar-refractivity contribution in [1.82, 2.24) is 9.55 Å². The predicted octanol–water partition coefficient (Wildman–Crippen LogP) is 3.29. The molecule has 1 aliphatic rings. The minimum Gasteiger partial charge on any atom is -0.481 e. The smallest absolute Gasteiger partial charge is 0.313 e. The van der Waals surface area contributed by atoms with E-state index in [1.807, 2.05) is 13.1 Å². The molecule has 0 amide bonds. The van der Waals surface area contributed by atoms with Crippen molar-refractivity contribution in [3.05, 3.63) is 47.3 Å². The number of carboxylic acids is 1. The molecule has 1 heterocycles. The van der Waals surface area contributed by atoms with Gasteiger partial charge in [-0.3, -0.25) is 4.79 Å². The van der Waals surface area contributed by atoms with E-state index in [0.29, 0.717) is 0 Å². The van der Waals surface area contributed by atoms with Crippen molar-refractivity contribution in [2.45, 2.75) is 37.4 Å². The molecule has 1 atom stereocenters. The first kappa shape index (κ1) is 14.2. The fraction of sp³-hybridized carbons (Fsp3) is 0.375. The first-order valence-corrected chi connectivity index (χ1v) is 8.11. The number of hydrogen-bond acceptors (Lipinski definition) is 3. The van der Waals surface area contributed by atoms with Crippen LogP contribution in [-0.2, 0) is 11.2 Å². The fourth-order valence-corrected chi connectivity index (χ4v) is 3.82. The number of carboxylic acid groups (broad SMARTS) is 1. The number of aromatic nitrogens is 2. The molecule has 0 saturated carbocycles. The Bertz CT molecular complexity index is 666. The molecular formula is C16H18N2O2S. The highest BCUT2D eigenvalue weighted by Crippen LogP contribution is 2.36. The van der Waals surface area contributed by atoms with E-state index in [9.17, 15) is 4.79 Å². The monoisotopic (exact) mass is 302 g/mol. The van der Waals surface area contributed by atoms with Gasteiger partial charge < -0.3 is 9.67 Å². The Hall–Kier alpha value is -1.75. The summed E-state index contributed by atoms with van der Waals surface area (Å²) in [4.78, 5) is 15.2. The number of thioether (sulfide) groups is 1. The molecular weight excluding hydrogens is 284 g/mol. The molecule has 5 heteroatoms. The highest BCUT2D eigenvalue weighted by atomic mass is 32.2. The third-order valence-corrected chi connectivity index (χ3v) is 4.87. The van der Waals surface area contributed by atoms with Crippen molar-refractivity contribution in [2.75, 3.05) is 5.75 Å². The first-order valence-electron chi connectivity index (χ1n) is 7.13. The topological polar surface area (TPSA) is 55.1 Å². The van der Waals surface area contributed by atoms with Gasteiger partial charge in [-0.1, -0.05) is 36.0 Å². The number of imidazole rings is 1. The van der Waals surface area contributed by atoms with E-state index in [0.717, 1.165) is 30.1 Å². The van der Waals surface area contributed by atoms with Crippen LogP contribution in [0.1, 0.15) is 35.7 Å². The van der Waals surface area contributed by atoms with Crippen LogP contribution >= 0.6 is 11.8 Å². The van der Waals surface area contributed by atoms with Gasteiger partial charge in [-0.15, -0.1) is 0 Å². The minimum atomic E-state index is -0.809. The van der Waals surface area contributed by atoms with Crippen LogP contribution in [0.25, 0.3) is 0 Å². The van der Waals surface area contributed by atoms with Gasteiger partial charge in [-0.25, -0.2) is 4.98 Å². The van der Waals surface area contributed by atoms with E-state index in [1.165, 1.54) is 22.9 Å². The molecule has 2 aromatic rings. The average Bonchev–Trinajstić information content (AvgIpc) is 2.85. The van der Waals surface area contributed by atoms with Gasteiger partial charge in [-0.05, 0) is 37.3 Å². The van der Waals surface area contributed by atoms with E-state index in [-0.39, 0.29) is 11.8 Å². The van der Waals surface area contributed by atoms with Crippen molar-refractivity contribution in [1.29, 1.82) is 0 Å². The van der Waals surface area contributed by atoms with Gasteiger partial charge in [0.25, 0.3) is 0 Å². The van der Waals surface area contributed by atoms with Crippen LogP contribution < -0.4 is 0 Å². The summed E-state index contributed by atoms with van der Waals surface area (Å²) in [5.41, 5.74) is 3.84. The highest BCUT2D eigenvalue weighted by Gasteiger charge is 2.24. The lowest BCUT2D eigenvalue weighted by Gasteiger charge is -2.28. The number of rotatable bonds is 4. The van der Waals surface area contributed by atoms with Crippen molar-refractivity contribution >= 4 is 17.7 Å². The zero-order valence-corrected chi connectivity index (χ0v) is 12.8. The van der Waals surface area contributed by atoms with Crippen LogP contribution in [0.2, 0.25) is 0 Å². The summed E-state index contributed by atoms with van der Waals surface area (Å²) in [6.45, 7) is 2.04. The Morgan fingerprint density at radius 1 is 1.48 bits per heavy atom. The number of hydrogen-bond donors (Lipinski definition) is 1. The lowest BCUT2D eigenvalue weighted by Crippen LogP contribution is -2.19. The molecule has 0 saturated heterocycles. The third kappa shape index (κ3) is 2.83. The van der Waals surface area contributed by atoms with Crippen molar-refractivity contribution in [2.24, 2.45) is 0 Å². The second-order valence-corrected chi connectivity index (χ2v) is 6.28. The van der Waals surface area contributed by atoms with Gasteiger partial charge in [-0.2, -0.15) is 0 Å². The second-order valence-electron chi connectivity index (χ2n) is 5.34. The van der Waals surface area contributed by atoms with E-state index >= 15 is 0 Å². The molecule has 0 bridgehead atoms. The summed E-state index contributed by atoms with van der Waals surface area (Å²) in [6.07, 6.45) is 5.19. The number of fused-ring (bicyclic) bond motifs is 1. The lowest BCUT2D eigenvalue weighted by molar-refractivity contribution is -0.133. The Morgan fingerprint density at radius 3 is 3.10 bits per heavy atom. The molecule has 4 nitrogen and oxygen atoms in total. The predicted molar refractivity (Wildman–Crippen MR) is 82.8 cm³/mol. The van der Waals surface area contributed by atoms with Gasteiger partial charge in [0.2, 0.25) is 0 Å². The van der Waals surface area contributed by atoms with E-state index in [2.05, 4.69) is 33.8 Å². The van der Waals surface area contributed by atoms with E-state index < -0.39 is 5.97 Å². The summed E-state index contributed by atoms with van der Waals surface area (Å²) in [5.74, 6) is -0.763. The SMILES string of the molecule is Cc1cnc(SCC(=O)O)n1C1CCCc2ccccc21. The van der Waals surface area contributed by atoms with Crippen LogP contribution in [-0.4, -0.2) is 26.4 Å². The second kappa shape index (κ2) is 5.93. The molecule has 1 aromatic heterocycles. The standard InChI is InChI=1S/C16H18N2O2S/c1-11-9-17-16(21-10-15(19)20)18(11)14-8-4-6-12-5-2-3-7-13(12)14/h2-3,5,7,9,14H,4,6,8,10H2,1H3,(H,19,20). The quantitative estimate of drug-likeness (QED) is 0.881. The van der Waals surface area contributed by atoms with Gasteiger partial charge in [0.1, 0.15) is 0 Å². The summed E-state index contributed by atoms with van der Waals surface area (Å²) in [5, 5.41) is 9.69. The zero-order valence-electron chi connectivity index (χ0n) is 12.0. The van der Waals surface area contributed by atoms with Crippen LogP contribution in [0.5, 0.6) is 0 Å². The number of carbonyl (C=O) groups is 1. The number of aryl methyl sites for hydroxylation is 2. The van der Waals surface area contributed by atoms with E-state index in [1.54, 1.807) is 0 Å². The highest BCUT2D eigenvalue weighted by molar-refractivity contribution is 7.99. The minimum absolute atomic E-state index is 0.0464. The number of benzene rings is 1. The summed E-state index contributed by atoms with van der Waals surface area (Å²) >= 11 is 1.30. The van der Waals surface area contributed by atoms with Crippen molar-refractivity contribution in [3.8, 4) is 0 Å². The fourth-order valence-electron chi connectivity index (χ4n) is 3.03. The summed E-state index contributed by atoms with van der Waals surface area (Å²) < 4.78 is 2.20. The molecule has 0 fully saturated rings. The summed E-state index contributed by atoms with van der Waals surface area (Å²) in [6, 6.07) is 8.81. The number of nitrogens with zero attached hydrogens (tertiary/aromatic N) is 2. The molecule has 1 aromatic carbocycles. The Labute approximate surface area is 128 Å². The van der Waals surface area contributed by atoms with Gasteiger partial charge in [0.05, 0.1) is 11.8 Å². The maximum absolute atomic E-state index is 10.8. The molecule has 21 heavy (non-hydrogen) atoms. The van der Waals surface area contributed by atoms with Crippen LogP contribution in [0.3, 0.4) is 0 Å². The molecule has 0 aliphatic heterocycles. The maximum atomic E-state index is 10.8. The van der Waals surface area contributed by atoms with Crippen LogP contribution in [0.4, 0.5) is 0 Å². The normalized spacial score (nSPS) is 17.5. The van der Waals surface area contributed by atoms with Gasteiger partial charge >= 0.3 is 5.97 Å². The van der Waals surface area contributed by atoms with Crippen molar-refractivity contribution in [3.63, 3.8) is 0 Å². The average molecular weight is 302 g/mol. The Balaban J connectivity index is 1.98. The Kier molecular flexibility index (Phi) is 4.01. The molecule has 3 rings (SSSR count). The van der Waals surface area contributed by atoms with Gasteiger partial charge in [0, 0.05) is 11.9 Å². The first-order chi connectivity index (χ1) is 10.2. The maximum Gasteiger partial charge on any atom is 0.313 e. The third-order valence-electron chi connectivity index (χ3n) is 3.92. The summed E-state index contributed by atoms with van der Waals surface area (Å²) in [7, 11) is 0. The molecule has 0 radical (unpaired) electrons. The molecule has 1 aliphatic carbocycles. The van der Waals surface area contributed by atoms with Crippen molar-refractivity contribution < 1.29 is 9.90 Å². The van der Waals surface area contributed by atoms with Gasteiger partial charge in [0.15, 0.2) is 5.16 Å².